The molecule has 0 bridgehead atoms. The fourth-order valence-electron chi connectivity index (χ4n) is 1.94. The van der Waals surface area contributed by atoms with Gasteiger partial charge in [0.05, 0.1) is 10.5 Å². The second-order valence-corrected chi connectivity index (χ2v) is 7.64. The van der Waals surface area contributed by atoms with Crippen molar-refractivity contribution in [3.63, 3.8) is 0 Å². The minimum absolute atomic E-state index is 0.0246. The maximum atomic E-state index is 13.9. The lowest BCUT2D eigenvalue weighted by molar-refractivity contribution is 0.0467. The van der Waals surface area contributed by atoms with E-state index in [1.54, 1.807) is 12.1 Å². The first-order valence-electron chi connectivity index (χ1n) is 7.16. The topological polar surface area (TPSA) is 63.7 Å². The maximum Gasteiger partial charge on any atom is 0.341 e. The first-order chi connectivity index (χ1) is 11.2. The second kappa shape index (κ2) is 7.11. The van der Waals surface area contributed by atoms with E-state index in [1.165, 1.54) is 14.1 Å². The molecule has 0 aromatic heterocycles. The van der Waals surface area contributed by atoms with Crippen molar-refractivity contribution in [2.45, 2.75) is 18.4 Å². The summed E-state index contributed by atoms with van der Waals surface area (Å²) in [7, 11) is -1.05. The summed E-state index contributed by atoms with van der Waals surface area (Å²) in [4.78, 5) is 11.9. The number of ether oxygens (including phenoxy) is 1. The quantitative estimate of drug-likeness (QED) is 0.777. The Hall–Kier alpha value is -2.25. The number of aryl methyl sites for hydroxylation is 1. The summed E-state index contributed by atoms with van der Waals surface area (Å²) in [6.07, 6.45) is 0. The number of benzene rings is 2. The van der Waals surface area contributed by atoms with E-state index in [2.05, 4.69) is 0 Å². The summed E-state index contributed by atoms with van der Waals surface area (Å²) in [5.41, 5.74) is 1.41. The molecule has 0 atom stereocenters. The molecule has 0 aliphatic carbocycles. The molecule has 0 unspecified atom stereocenters. The van der Waals surface area contributed by atoms with Gasteiger partial charge in [0, 0.05) is 14.1 Å². The molecule has 24 heavy (non-hydrogen) atoms. The largest absolute Gasteiger partial charge is 0.457 e. The summed E-state index contributed by atoms with van der Waals surface area (Å²) in [5, 5.41) is 0. The smallest absolute Gasteiger partial charge is 0.341 e. The Kier molecular flexibility index (Phi) is 5.36. The van der Waals surface area contributed by atoms with Crippen LogP contribution in [0.3, 0.4) is 0 Å². The predicted octanol–water partition coefficient (Wildman–Crippen LogP) is 2.74. The van der Waals surface area contributed by atoms with Gasteiger partial charge in [-0.3, -0.25) is 0 Å². The van der Waals surface area contributed by atoms with Crippen LogP contribution in [0.5, 0.6) is 0 Å². The van der Waals surface area contributed by atoms with Crippen LogP contribution >= 0.6 is 0 Å². The minimum Gasteiger partial charge on any atom is -0.457 e. The van der Waals surface area contributed by atoms with Gasteiger partial charge in [-0.1, -0.05) is 29.8 Å². The lowest BCUT2D eigenvalue weighted by Crippen LogP contribution is -2.22. The third kappa shape index (κ3) is 3.98. The summed E-state index contributed by atoms with van der Waals surface area (Å²) >= 11 is 0. The molecule has 0 heterocycles. The number of rotatable bonds is 5. The van der Waals surface area contributed by atoms with E-state index in [4.69, 9.17) is 4.74 Å². The number of hydrogen-bond acceptors (Lipinski definition) is 4. The van der Waals surface area contributed by atoms with Crippen LogP contribution in [0.25, 0.3) is 0 Å². The maximum absolute atomic E-state index is 13.9. The lowest BCUT2D eigenvalue weighted by Gasteiger charge is -2.12. The number of carbonyl (C=O) groups excluding carboxylic acids is 1. The zero-order valence-corrected chi connectivity index (χ0v) is 14.4. The van der Waals surface area contributed by atoms with Crippen LogP contribution in [0.15, 0.2) is 47.4 Å². The highest BCUT2D eigenvalue weighted by Crippen LogP contribution is 2.19. The van der Waals surface area contributed by atoms with E-state index < -0.39 is 27.4 Å². The molecule has 0 aliphatic heterocycles. The molecule has 5 nitrogen and oxygen atoms in total. The molecule has 128 valence electrons. The molecule has 0 fully saturated rings. The summed E-state index contributed by atoms with van der Waals surface area (Å²) in [6.45, 7) is 1.91. The number of sulfonamides is 1. The lowest BCUT2D eigenvalue weighted by atomic mass is 10.2. The van der Waals surface area contributed by atoms with Gasteiger partial charge in [-0.2, -0.15) is 0 Å². The Morgan fingerprint density at radius 2 is 1.75 bits per heavy atom. The van der Waals surface area contributed by atoms with E-state index >= 15 is 0 Å². The first kappa shape index (κ1) is 18.1. The van der Waals surface area contributed by atoms with Crippen molar-refractivity contribution >= 4 is 16.0 Å². The molecule has 2 aromatic rings. The van der Waals surface area contributed by atoms with Crippen molar-refractivity contribution in [1.82, 2.24) is 4.31 Å². The van der Waals surface area contributed by atoms with Crippen LogP contribution in [0.2, 0.25) is 0 Å². The molecule has 0 aliphatic rings. The molecule has 0 spiro atoms. The van der Waals surface area contributed by atoms with Crippen molar-refractivity contribution < 1.29 is 22.3 Å². The van der Waals surface area contributed by atoms with Crippen LogP contribution < -0.4 is 0 Å². The summed E-state index contributed by atoms with van der Waals surface area (Å²) < 4.78 is 44.1. The Balaban J connectivity index is 2.21. The Labute approximate surface area is 140 Å². The highest BCUT2D eigenvalue weighted by atomic mass is 32.2. The highest BCUT2D eigenvalue weighted by Gasteiger charge is 2.22. The van der Waals surface area contributed by atoms with E-state index in [-0.39, 0.29) is 11.5 Å². The third-order valence-electron chi connectivity index (χ3n) is 3.43. The fraction of sp³-hybridized carbons (Fsp3) is 0.235. The average molecular weight is 351 g/mol. The monoisotopic (exact) mass is 351 g/mol. The van der Waals surface area contributed by atoms with E-state index in [0.29, 0.717) is 0 Å². The van der Waals surface area contributed by atoms with Crippen LogP contribution in [-0.2, 0) is 21.4 Å². The summed E-state index contributed by atoms with van der Waals surface area (Å²) in [5.74, 6) is -1.74. The van der Waals surface area contributed by atoms with Gasteiger partial charge in [0.25, 0.3) is 0 Å². The van der Waals surface area contributed by atoms with Crippen molar-refractivity contribution in [2.75, 3.05) is 14.1 Å². The van der Waals surface area contributed by atoms with E-state index in [9.17, 15) is 17.6 Å². The Morgan fingerprint density at radius 3 is 2.33 bits per heavy atom. The average Bonchev–Trinajstić information content (AvgIpc) is 2.54. The van der Waals surface area contributed by atoms with E-state index in [0.717, 1.165) is 33.6 Å². The van der Waals surface area contributed by atoms with Crippen LogP contribution in [0.1, 0.15) is 21.5 Å². The van der Waals surface area contributed by atoms with Gasteiger partial charge in [-0.15, -0.1) is 0 Å². The first-order valence-corrected chi connectivity index (χ1v) is 8.60. The van der Waals surface area contributed by atoms with Gasteiger partial charge in [-0.25, -0.2) is 21.9 Å². The fourth-order valence-corrected chi connectivity index (χ4v) is 2.87. The van der Waals surface area contributed by atoms with Gasteiger partial charge in [0.1, 0.15) is 12.4 Å². The normalized spacial score (nSPS) is 11.5. The van der Waals surface area contributed by atoms with Gasteiger partial charge in [0.2, 0.25) is 10.0 Å². The van der Waals surface area contributed by atoms with Crippen LogP contribution in [0.4, 0.5) is 4.39 Å². The molecule has 0 saturated heterocycles. The zero-order chi connectivity index (χ0) is 17.9. The second-order valence-electron chi connectivity index (χ2n) is 5.49. The van der Waals surface area contributed by atoms with Gasteiger partial charge in [-0.05, 0) is 30.7 Å². The molecule has 0 amide bonds. The summed E-state index contributed by atoms with van der Waals surface area (Å²) in [6, 6.07) is 10.4. The van der Waals surface area contributed by atoms with Gasteiger partial charge >= 0.3 is 5.97 Å². The highest BCUT2D eigenvalue weighted by molar-refractivity contribution is 7.89. The minimum atomic E-state index is -3.76. The zero-order valence-electron chi connectivity index (χ0n) is 13.6. The Bertz CT molecular complexity index is 845. The molecular formula is C17H18FNO4S. The van der Waals surface area contributed by atoms with Crippen molar-refractivity contribution in [1.29, 1.82) is 0 Å². The van der Waals surface area contributed by atoms with E-state index in [1.807, 2.05) is 19.1 Å². The number of hydrogen-bond donors (Lipinski definition) is 0. The molecule has 0 N–H and O–H groups in total. The predicted molar refractivity (Wildman–Crippen MR) is 87.6 cm³/mol. The SMILES string of the molecule is Cc1ccc(COC(=O)c2cc(S(=O)(=O)N(C)C)ccc2F)cc1. The van der Waals surface area contributed by atoms with Crippen LogP contribution in [-0.4, -0.2) is 32.8 Å². The Morgan fingerprint density at radius 1 is 1.12 bits per heavy atom. The molecule has 0 radical (unpaired) electrons. The van der Waals surface area contributed by atoms with Crippen LogP contribution in [0, 0.1) is 12.7 Å². The standard InChI is InChI=1S/C17H18FNO4S/c1-12-4-6-13(7-5-12)11-23-17(20)15-10-14(8-9-16(15)18)24(21,22)19(2)3/h4-10H,11H2,1-3H3. The third-order valence-corrected chi connectivity index (χ3v) is 5.24. The molecular weight excluding hydrogens is 333 g/mol. The molecule has 2 aromatic carbocycles. The van der Waals surface area contributed by atoms with Crippen molar-refractivity contribution in [3.8, 4) is 0 Å². The van der Waals surface area contributed by atoms with Crippen molar-refractivity contribution in [3.05, 3.63) is 65.0 Å². The number of carbonyl (C=O) groups is 1. The van der Waals surface area contributed by atoms with Gasteiger partial charge in [0.15, 0.2) is 0 Å². The van der Waals surface area contributed by atoms with Gasteiger partial charge < -0.3 is 4.74 Å². The molecule has 7 heteroatoms. The number of halogens is 1. The molecule has 0 saturated carbocycles. The molecule has 2 rings (SSSR count). The number of nitrogens with zero attached hydrogens (tertiary/aromatic N) is 1. The number of esters is 1. The van der Waals surface area contributed by atoms with Crippen molar-refractivity contribution in [2.24, 2.45) is 0 Å².